The number of rotatable bonds is 4. The molecule has 0 saturated carbocycles. The lowest BCUT2D eigenvalue weighted by Gasteiger charge is -2.46. The number of amides is 2. The maximum atomic E-state index is 12.9. The van der Waals surface area contributed by atoms with Gasteiger partial charge in [-0.15, -0.1) is 0 Å². The Morgan fingerprint density at radius 1 is 1.30 bits per heavy atom. The van der Waals surface area contributed by atoms with Gasteiger partial charge in [-0.2, -0.15) is 0 Å². The minimum absolute atomic E-state index is 0.000486. The summed E-state index contributed by atoms with van der Waals surface area (Å²) in [6.07, 6.45) is 0.705. The van der Waals surface area contributed by atoms with Gasteiger partial charge in [-0.1, -0.05) is 13.8 Å². The number of likely N-dealkylation sites (tertiary alicyclic amines) is 2. The molecule has 2 amide bonds. The molecule has 0 aliphatic carbocycles. The van der Waals surface area contributed by atoms with Gasteiger partial charge in [0.1, 0.15) is 12.1 Å². The molecule has 1 unspecified atom stereocenters. The molecule has 3 aliphatic rings. The third-order valence-electron chi connectivity index (χ3n) is 5.40. The molecule has 3 aliphatic heterocycles. The van der Waals surface area contributed by atoms with Crippen molar-refractivity contribution in [2.45, 2.75) is 32.4 Å². The largest absolute Gasteiger partial charge is 0.467 e. The van der Waals surface area contributed by atoms with E-state index in [0.717, 1.165) is 6.54 Å². The Hall–Kier alpha value is -1.63. The molecule has 0 N–H and O–H groups in total. The second kappa shape index (κ2) is 5.47. The van der Waals surface area contributed by atoms with Gasteiger partial charge in [0.15, 0.2) is 0 Å². The van der Waals surface area contributed by atoms with Gasteiger partial charge in [-0.25, -0.2) is 4.79 Å². The van der Waals surface area contributed by atoms with E-state index in [2.05, 4.69) is 0 Å². The van der Waals surface area contributed by atoms with Crippen LogP contribution in [0.4, 0.5) is 0 Å². The van der Waals surface area contributed by atoms with Crippen LogP contribution in [0.1, 0.15) is 20.3 Å². The van der Waals surface area contributed by atoms with Crippen LogP contribution >= 0.6 is 0 Å². The van der Waals surface area contributed by atoms with Crippen LogP contribution in [0.15, 0.2) is 0 Å². The van der Waals surface area contributed by atoms with E-state index in [-0.39, 0.29) is 29.7 Å². The van der Waals surface area contributed by atoms with Crippen molar-refractivity contribution >= 4 is 17.8 Å². The molecule has 7 nitrogen and oxygen atoms in total. The highest BCUT2D eigenvalue weighted by molar-refractivity contribution is 5.94. The van der Waals surface area contributed by atoms with Gasteiger partial charge in [0.25, 0.3) is 0 Å². The van der Waals surface area contributed by atoms with Crippen molar-refractivity contribution in [1.82, 2.24) is 14.7 Å². The average molecular weight is 323 g/mol. The number of esters is 1. The Kier molecular flexibility index (Phi) is 3.86. The van der Waals surface area contributed by atoms with Crippen LogP contribution in [0.25, 0.3) is 0 Å². The summed E-state index contributed by atoms with van der Waals surface area (Å²) in [6, 6.07) is -0.537. The number of carbonyl (C=O) groups excluding carboxylic acids is 3. The van der Waals surface area contributed by atoms with Gasteiger partial charge in [-0.05, 0) is 19.4 Å². The Labute approximate surface area is 136 Å². The molecule has 3 atom stereocenters. The smallest absolute Gasteiger partial charge is 0.328 e. The second-order valence-corrected chi connectivity index (χ2v) is 7.39. The lowest BCUT2D eigenvalue weighted by molar-refractivity contribution is -0.161. The zero-order valence-electron chi connectivity index (χ0n) is 14.2. The molecule has 3 rings (SSSR count). The normalized spacial score (nSPS) is 29.7. The van der Waals surface area contributed by atoms with Gasteiger partial charge >= 0.3 is 5.97 Å². The minimum atomic E-state index is -0.536. The third kappa shape index (κ3) is 2.51. The maximum absolute atomic E-state index is 12.9. The highest BCUT2D eigenvalue weighted by Gasteiger charge is 2.59. The first-order chi connectivity index (χ1) is 10.8. The predicted molar refractivity (Wildman–Crippen MR) is 82.4 cm³/mol. The van der Waals surface area contributed by atoms with Crippen molar-refractivity contribution in [3.05, 3.63) is 0 Å². The van der Waals surface area contributed by atoms with Crippen LogP contribution in [0.5, 0.6) is 0 Å². The summed E-state index contributed by atoms with van der Waals surface area (Å²) in [6.45, 7) is 6.16. The molecule has 0 aromatic carbocycles. The Balaban J connectivity index is 1.66. The SMILES string of the molecule is COC(=O)[C@H](C(C)C)N1CCC2(CN(C(=O)[C@@H]3CN3C)C2)C1=O. The molecule has 0 aromatic heterocycles. The summed E-state index contributed by atoms with van der Waals surface area (Å²) in [7, 11) is 3.27. The molecule has 3 heterocycles. The van der Waals surface area contributed by atoms with Crippen molar-refractivity contribution in [2.24, 2.45) is 11.3 Å². The molecule has 1 spiro atoms. The summed E-state index contributed by atoms with van der Waals surface area (Å²) in [4.78, 5) is 42.5. The molecule has 128 valence electrons. The molecular formula is C16H25N3O4. The summed E-state index contributed by atoms with van der Waals surface area (Å²) in [5.41, 5.74) is -0.482. The molecular weight excluding hydrogens is 298 g/mol. The van der Waals surface area contributed by atoms with Crippen molar-refractivity contribution in [1.29, 1.82) is 0 Å². The monoisotopic (exact) mass is 323 g/mol. The fraction of sp³-hybridized carbons (Fsp3) is 0.812. The zero-order chi connectivity index (χ0) is 16.9. The second-order valence-electron chi connectivity index (χ2n) is 7.39. The number of nitrogens with zero attached hydrogens (tertiary/aromatic N) is 3. The van der Waals surface area contributed by atoms with E-state index in [1.165, 1.54) is 7.11 Å². The first kappa shape index (κ1) is 16.2. The van der Waals surface area contributed by atoms with Gasteiger partial charge in [0.2, 0.25) is 11.8 Å². The number of likely N-dealkylation sites (N-methyl/N-ethyl adjacent to an activating group) is 1. The molecule has 3 fully saturated rings. The first-order valence-corrected chi connectivity index (χ1v) is 8.18. The van der Waals surface area contributed by atoms with E-state index in [1.807, 2.05) is 25.8 Å². The standard InChI is InChI=1S/C16H25N3O4/c1-10(2)12(14(21)23-4)19-6-5-16(15(19)22)8-18(9-16)13(20)11-7-17(11)3/h10-12H,5-9H2,1-4H3/t11-,12-,17?/m0/s1. The Morgan fingerprint density at radius 2 is 1.91 bits per heavy atom. The molecule has 0 aromatic rings. The van der Waals surface area contributed by atoms with Crippen LogP contribution in [0, 0.1) is 11.3 Å². The first-order valence-electron chi connectivity index (χ1n) is 8.18. The molecule has 0 radical (unpaired) electrons. The third-order valence-corrected chi connectivity index (χ3v) is 5.40. The highest BCUT2D eigenvalue weighted by atomic mass is 16.5. The van der Waals surface area contributed by atoms with E-state index in [0.29, 0.717) is 26.1 Å². The predicted octanol–water partition coefficient (Wildman–Crippen LogP) is -0.441. The molecule has 7 heteroatoms. The van der Waals surface area contributed by atoms with Crippen LogP contribution in [-0.2, 0) is 19.1 Å². The zero-order valence-corrected chi connectivity index (χ0v) is 14.2. The fourth-order valence-corrected chi connectivity index (χ4v) is 3.83. The van der Waals surface area contributed by atoms with E-state index in [4.69, 9.17) is 4.74 Å². The van der Waals surface area contributed by atoms with Crippen molar-refractivity contribution in [3.63, 3.8) is 0 Å². The van der Waals surface area contributed by atoms with Crippen LogP contribution in [0.2, 0.25) is 0 Å². The van der Waals surface area contributed by atoms with Crippen LogP contribution in [0.3, 0.4) is 0 Å². The molecule has 23 heavy (non-hydrogen) atoms. The van der Waals surface area contributed by atoms with Gasteiger partial charge in [-0.3, -0.25) is 14.5 Å². The summed E-state index contributed by atoms with van der Waals surface area (Å²) in [5, 5.41) is 0. The van der Waals surface area contributed by atoms with Gasteiger partial charge < -0.3 is 14.5 Å². The van der Waals surface area contributed by atoms with Crippen LogP contribution < -0.4 is 0 Å². The number of ether oxygens (including phenoxy) is 1. The Morgan fingerprint density at radius 3 is 2.39 bits per heavy atom. The van der Waals surface area contributed by atoms with Gasteiger partial charge in [0, 0.05) is 26.2 Å². The number of hydrogen-bond acceptors (Lipinski definition) is 5. The summed E-state index contributed by atoms with van der Waals surface area (Å²) < 4.78 is 4.86. The van der Waals surface area contributed by atoms with Crippen molar-refractivity contribution in [2.75, 3.05) is 40.3 Å². The Bertz CT molecular complexity index is 541. The van der Waals surface area contributed by atoms with E-state index in [9.17, 15) is 14.4 Å². The summed E-state index contributed by atoms with van der Waals surface area (Å²) in [5.74, 6) is -0.246. The van der Waals surface area contributed by atoms with Crippen molar-refractivity contribution in [3.8, 4) is 0 Å². The fourth-order valence-electron chi connectivity index (χ4n) is 3.83. The quantitative estimate of drug-likeness (QED) is 0.518. The van der Waals surface area contributed by atoms with E-state index >= 15 is 0 Å². The molecule has 0 bridgehead atoms. The summed E-state index contributed by atoms with van der Waals surface area (Å²) >= 11 is 0. The van der Waals surface area contributed by atoms with E-state index in [1.54, 1.807) is 9.80 Å². The maximum Gasteiger partial charge on any atom is 0.328 e. The number of hydrogen-bond donors (Lipinski definition) is 0. The average Bonchev–Trinajstić information content (AvgIpc) is 3.10. The molecule has 3 saturated heterocycles. The van der Waals surface area contributed by atoms with Crippen molar-refractivity contribution < 1.29 is 19.1 Å². The van der Waals surface area contributed by atoms with Gasteiger partial charge in [0.05, 0.1) is 12.5 Å². The number of methoxy groups -OCH3 is 1. The highest BCUT2D eigenvalue weighted by Crippen LogP contribution is 2.43. The number of carbonyl (C=O) groups is 3. The lowest BCUT2D eigenvalue weighted by atomic mass is 9.78. The minimum Gasteiger partial charge on any atom is -0.467 e. The lowest BCUT2D eigenvalue weighted by Crippen LogP contribution is -2.63. The van der Waals surface area contributed by atoms with Crippen LogP contribution in [-0.4, -0.2) is 84.9 Å². The topological polar surface area (TPSA) is 69.9 Å². The van der Waals surface area contributed by atoms with E-state index < -0.39 is 11.5 Å².